The average Bonchev–Trinajstić information content (AvgIpc) is 2.75. The molecule has 0 aliphatic heterocycles. The molecule has 4 fully saturated rings. The Morgan fingerprint density at radius 3 is 2.29 bits per heavy atom. The Bertz CT molecular complexity index is 886. The molecule has 4 saturated carbocycles. The SMILES string of the molecule is COc1cc(CN[C@H](C)C23CC4CC(CC(C4)C2)C3)ccc1OCc1cccc(C)c1. The molecule has 3 nitrogen and oxygen atoms in total. The zero-order valence-corrected chi connectivity index (χ0v) is 19.3. The Hall–Kier alpha value is -2.00. The minimum Gasteiger partial charge on any atom is -0.493 e. The number of ether oxygens (including phenoxy) is 2. The Morgan fingerprint density at radius 1 is 0.935 bits per heavy atom. The number of rotatable bonds is 8. The van der Waals surface area contributed by atoms with Crippen LogP contribution in [0, 0.1) is 30.1 Å². The second kappa shape index (κ2) is 8.50. The molecule has 0 unspecified atom stereocenters. The number of methoxy groups -OCH3 is 1. The van der Waals surface area contributed by atoms with Crippen LogP contribution in [0.3, 0.4) is 0 Å². The van der Waals surface area contributed by atoms with Crippen LogP contribution in [0.5, 0.6) is 11.5 Å². The van der Waals surface area contributed by atoms with Gasteiger partial charge in [-0.3, -0.25) is 0 Å². The third-order valence-corrected chi connectivity index (χ3v) is 8.32. The van der Waals surface area contributed by atoms with Gasteiger partial charge in [0.25, 0.3) is 0 Å². The number of nitrogens with one attached hydrogen (secondary N) is 1. The van der Waals surface area contributed by atoms with Gasteiger partial charge in [0.15, 0.2) is 11.5 Å². The molecular formula is C28H37NO2. The van der Waals surface area contributed by atoms with E-state index in [-0.39, 0.29) is 0 Å². The Morgan fingerprint density at radius 2 is 1.65 bits per heavy atom. The van der Waals surface area contributed by atoms with Gasteiger partial charge in [0.05, 0.1) is 7.11 Å². The van der Waals surface area contributed by atoms with Crippen molar-refractivity contribution in [2.24, 2.45) is 23.2 Å². The molecule has 1 atom stereocenters. The molecule has 4 bridgehead atoms. The molecule has 0 saturated heterocycles. The van der Waals surface area contributed by atoms with Crippen LogP contribution in [0.2, 0.25) is 0 Å². The van der Waals surface area contributed by atoms with Crippen LogP contribution in [0.1, 0.15) is 62.1 Å². The van der Waals surface area contributed by atoms with E-state index in [1.807, 2.05) is 0 Å². The topological polar surface area (TPSA) is 30.5 Å². The quantitative estimate of drug-likeness (QED) is 0.546. The highest BCUT2D eigenvalue weighted by molar-refractivity contribution is 5.43. The second-order valence-corrected chi connectivity index (χ2v) is 10.6. The van der Waals surface area contributed by atoms with Gasteiger partial charge in [0.1, 0.15) is 6.61 Å². The summed E-state index contributed by atoms with van der Waals surface area (Å²) in [5.74, 6) is 4.62. The molecule has 1 N–H and O–H groups in total. The molecule has 0 spiro atoms. The van der Waals surface area contributed by atoms with Gasteiger partial charge in [-0.25, -0.2) is 0 Å². The van der Waals surface area contributed by atoms with Crippen LogP contribution in [-0.2, 0) is 13.2 Å². The van der Waals surface area contributed by atoms with Gasteiger partial charge in [0.2, 0.25) is 0 Å². The summed E-state index contributed by atoms with van der Waals surface area (Å²) in [6.07, 6.45) is 8.86. The number of hydrogen-bond donors (Lipinski definition) is 1. The first-order chi connectivity index (χ1) is 15.0. The van der Waals surface area contributed by atoms with Crippen molar-refractivity contribution in [1.29, 1.82) is 0 Å². The van der Waals surface area contributed by atoms with Crippen molar-refractivity contribution in [3.63, 3.8) is 0 Å². The molecule has 0 heterocycles. The molecule has 6 rings (SSSR count). The average molecular weight is 420 g/mol. The van der Waals surface area contributed by atoms with E-state index in [4.69, 9.17) is 9.47 Å². The minimum atomic E-state index is 0.537. The second-order valence-electron chi connectivity index (χ2n) is 10.6. The monoisotopic (exact) mass is 419 g/mol. The molecule has 4 aliphatic carbocycles. The Labute approximate surface area is 187 Å². The van der Waals surface area contributed by atoms with E-state index in [2.05, 4.69) is 61.6 Å². The van der Waals surface area contributed by atoms with Crippen LogP contribution in [-0.4, -0.2) is 13.2 Å². The third kappa shape index (κ3) is 4.35. The fourth-order valence-electron chi connectivity index (χ4n) is 7.10. The smallest absolute Gasteiger partial charge is 0.161 e. The van der Waals surface area contributed by atoms with Crippen molar-refractivity contribution >= 4 is 0 Å². The number of hydrogen-bond acceptors (Lipinski definition) is 3. The third-order valence-electron chi connectivity index (χ3n) is 8.32. The number of aryl methyl sites for hydroxylation is 1. The molecule has 2 aromatic carbocycles. The largest absolute Gasteiger partial charge is 0.493 e. The first-order valence-electron chi connectivity index (χ1n) is 12.1. The van der Waals surface area contributed by atoms with Crippen molar-refractivity contribution in [2.75, 3.05) is 7.11 Å². The molecule has 0 amide bonds. The lowest BCUT2D eigenvalue weighted by Crippen LogP contribution is -2.54. The van der Waals surface area contributed by atoms with Crippen LogP contribution < -0.4 is 14.8 Å². The van der Waals surface area contributed by atoms with E-state index < -0.39 is 0 Å². The Kier molecular flexibility index (Phi) is 5.73. The van der Waals surface area contributed by atoms with Crippen molar-refractivity contribution in [1.82, 2.24) is 5.32 Å². The normalized spacial score (nSPS) is 29.7. The van der Waals surface area contributed by atoms with E-state index in [1.165, 1.54) is 55.2 Å². The maximum atomic E-state index is 6.07. The van der Waals surface area contributed by atoms with Crippen LogP contribution in [0.4, 0.5) is 0 Å². The van der Waals surface area contributed by atoms with Crippen molar-refractivity contribution in [3.8, 4) is 11.5 Å². The summed E-state index contributed by atoms with van der Waals surface area (Å²) in [5.41, 5.74) is 4.23. The molecular weight excluding hydrogens is 382 g/mol. The van der Waals surface area contributed by atoms with Gasteiger partial charge >= 0.3 is 0 Å². The lowest BCUT2D eigenvalue weighted by Gasteiger charge is -2.59. The van der Waals surface area contributed by atoms with Gasteiger partial charge in [-0.05, 0) is 98.8 Å². The lowest BCUT2D eigenvalue weighted by molar-refractivity contribution is -0.0706. The standard InChI is InChI=1S/C28H37NO2/c1-19-5-4-6-22(9-19)18-31-26-8-7-21(13-27(26)30-3)17-29-20(2)28-14-23-10-24(15-28)12-25(11-23)16-28/h4-9,13,20,23-25,29H,10-12,14-18H2,1-3H3/t20-,23?,24?,25?,28?/m1/s1. The molecule has 4 aliphatic rings. The van der Waals surface area contributed by atoms with Crippen molar-refractivity contribution in [2.45, 2.75) is 71.6 Å². The summed E-state index contributed by atoms with van der Waals surface area (Å²) < 4.78 is 11.7. The molecule has 3 heteroatoms. The van der Waals surface area contributed by atoms with Crippen LogP contribution in [0.15, 0.2) is 42.5 Å². The summed E-state index contributed by atoms with van der Waals surface area (Å²) in [7, 11) is 1.73. The zero-order valence-electron chi connectivity index (χ0n) is 19.3. The van der Waals surface area contributed by atoms with Gasteiger partial charge in [-0.1, -0.05) is 35.9 Å². The summed E-state index contributed by atoms with van der Waals surface area (Å²) in [4.78, 5) is 0. The summed E-state index contributed by atoms with van der Waals surface area (Å²) in [5, 5.41) is 3.89. The molecule has 31 heavy (non-hydrogen) atoms. The maximum absolute atomic E-state index is 6.07. The van der Waals surface area contributed by atoms with Gasteiger partial charge < -0.3 is 14.8 Å². The van der Waals surface area contributed by atoms with E-state index in [0.29, 0.717) is 18.1 Å². The fourth-order valence-corrected chi connectivity index (χ4v) is 7.10. The summed E-state index contributed by atoms with van der Waals surface area (Å²) in [6, 6.07) is 15.4. The predicted octanol–water partition coefficient (Wildman–Crippen LogP) is 6.28. The lowest BCUT2D eigenvalue weighted by atomic mass is 9.48. The first kappa shape index (κ1) is 20.9. The highest BCUT2D eigenvalue weighted by Gasteiger charge is 2.52. The maximum Gasteiger partial charge on any atom is 0.161 e. The molecule has 0 aromatic heterocycles. The van der Waals surface area contributed by atoms with E-state index in [9.17, 15) is 0 Å². The van der Waals surface area contributed by atoms with Gasteiger partial charge in [-0.15, -0.1) is 0 Å². The first-order valence-corrected chi connectivity index (χ1v) is 12.1. The highest BCUT2D eigenvalue weighted by atomic mass is 16.5. The van der Waals surface area contributed by atoms with E-state index in [1.54, 1.807) is 7.11 Å². The minimum absolute atomic E-state index is 0.537. The Balaban J connectivity index is 1.21. The van der Waals surface area contributed by atoms with Crippen molar-refractivity contribution in [3.05, 3.63) is 59.2 Å². The van der Waals surface area contributed by atoms with Crippen molar-refractivity contribution < 1.29 is 9.47 Å². The summed E-state index contributed by atoms with van der Waals surface area (Å²) >= 11 is 0. The molecule has 2 aromatic rings. The predicted molar refractivity (Wildman–Crippen MR) is 125 cm³/mol. The van der Waals surface area contributed by atoms with Gasteiger partial charge in [0, 0.05) is 12.6 Å². The van der Waals surface area contributed by atoms with E-state index in [0.717, 1.165) is 35.8 Å². The number of benzene rings is 2. The highest BCUT2D eigenvalue weighted by Crippen LogP contribution is 2.61. The van der Waals surface area contributed by atoms with Crippen LogP contribution in [0.25, 0.3) is 0 Å². The zero-order chi connectivity index (χ0) is 21.4. The van der Waals surface area contributed by atoms with Crippen LogP contribution >= 0.6 is 0 Å². The van der Waals surface area contributed by atoms with E-state index >= 15 is 0 Å². The molecule has 166 valence electrons. The summed E-state index contributed by atoms with van der Waals surface area (Å²) in [6.45, 7) is 5.98. The van der Waals surface area contributed by atoms with Gasteiger partial charge in [-0.2, -0.15) is 0 Å². The molecule has 0 radical (unpaired) electrons. The fraction of sp³-hybridized carbons (Fsp3) is 0.571.